The van der Waals surface area contributed by atoms with Gasteiger partial charge in [-0.3, -0.25) is 14.8 Å². The van der Waals surface area contributed by atoms with Crippen LogP contribution in [-0.2, 0) is 17.6 Å². The highest BCUT2D eigenvalue weighted by atomic mass is 16.2. The van der Waals surface area contributed by atoms with Crippen LogP contribution in [0.2, 0.25) is 0 Å². The Morgan fingerprint density at radius 1 is 1.11 bits per heavy atom. The molecule has 1 fully saturated rings. The number of anilines is 2. The van der Waals surface area contributed by atoms with Crippen LogP contribution in [0.3, 0.4) is 0 Å². The zero-order chi connectivity index (χ0) is 24.7. The van der Waals surface area contributed by atoms with Gasteiger partial charge in [0.25, 0.3) is 0 Å². The predicted molar refractivity (Wildman–Crippen MR) is 141 cm³/mol. The fourth-order valence-corrected chi connectivity index (χ4v) is 5.85. The topological polar surface area (TPSA) is 106 Å². The van der Waals surface area contributed by atoms with Gasteiger partial charge in [0.2, 0.25) is 5.91 Å². The summed E-state index contributed by atoms with van der Waals surface area (Å²) in [5, 5.41) is 11.4. The third kappa shape index (κ3) is 3.83. The van der Waals surface area contributed by atoms with Gasteiger partial charge in [0.05, 0.1) is 11.1 Å². The minimum Gasteiger partial charge on any atom is -0.356 e. The quantitative estimate of drug-likeness (QED) is 0.398. The molecule has 0 unspecified atom stereocenters. The normalized spacial score (nSPS) is 17.4. The maximum atomic E-state index is 13.7. The molecule has 4 heterocycles. The number of likely N-dealkylation sites (N-methyl/N-ethyl adjacent to an activating group) is 1. The maximum absolute atomic E-state index is 13.7. The fourth-order valence-electron chi connectivity index (χ4n) is 5.85. The molecule has 9 nitrogen and oxygen atoms in total. The Bertz CT molecular complexity index is 1380. The summed E-state index contributed by atoms with van der Waals surface area (Å²) >= 11 is 0. The van der Waals surface area contributed by atoms with Crippen molar-refractivity contribution in [3.05, 3.63) is 54.1 Å². The van der Waals surface area contributed by atoms with Gasteiger partial charge in [-0.2, -0.15) is 5.10 Å². The van der Waals surface area contributed by atoms with Crippen molar-refractivity contribution in [1.29, 1.82) is 0 Å². The van der Waals surface area contributed by atoms with Crippen molar-refractivity contribution in [1.82, 2.24) is 30.0 Å². The number of carbonyl (C=O) groups excluding carboxylic acids is 1. The van der Waals surface area contributed by atoms with Crippen molar-refractivity contribution in [2.75, 3.05) is 37.4 Å². The number of aromatic nitrogens is 5. The third-order valence-corrected chi connectivity index (χ3v) is 7.97. The molecule has 2 aliphatic rings. The number of piperidine rings is 1. The van der Waals surface area contributed by atoms with Crippen LogP contribution in [0.5, 0.6) is 0 Å². The molecule has 186 valence electrons. The highest BCUT2D eigenvalue weighted by Gasteiger charge is 2.44. The molecule has 0 spiro atoms. The number of nitrogens with one attached hydrogen (secondary N) is 3. The summed E-state index contributed by atoms with van der Waals surface area (Å²) in [6.45, 7) is 1.51. The molecule has 4 aromatic rings. The van der Waals surface area contributed by atoms with Crippen LogP contribution in [0.25, 0.3) is 22.3 Å². The third-order valence-electron chi connectivity index (χ3n) is 7.97. The van der Waals surface area contributed by atoms with Gasteiger partial charge in [0.15, 0.2) is 0 Å². The van der Waals surface area contributed by atoms with E-state index in [1.807, 2.05) is 44.4 Å². The molecule has 1 saturated heterocycles. The number of H-pyrrole nitrogens is 2. The summed E-state index contributed by atoms with van der Waals surface area (Å²) in [6, 6.07) is 9.80. The highest BCUT2D eigenvalue weighted by Crippen LogP contribution is 2.37. The molecular weight excluding hydrogens is 452 g/mol. The summed E-state index contributed by atoms with van der Waals surface area (Å²) in [7, 11) is 4.00. The molecule has 1 aromatic carbocycles. The lowest BCUT2D eigenvalue weighted by molar-refractivity contribution is -0.127. The first-order valence-electron chi connectivity index (χ1n) is 12.7. The molecule has 0 atom stereocenters. The molecule has 0 bridgehead atoms. The average molecular weight is 485 g/mol. The lowest BCUT2D eigenvalue weighted by Gasteiger charge is -2.45. The molecule has 1 aliphatic carbocycles. The summed E-state index contributed by atoms with van der Waals surface area (Å²) in [5.74, 6) is 1.03. The second-order valence-corrected chi connectivity index (χ2v) is 10.1. The summed E-state index contributed by atoms with van der Waals surface area (Å²) < 4.78 is 0. The number of fused-ring (bicyclic) bond motifs is 3. The lowest BCUT2D eigenvalue weighted by Crippen LogP contribution is -2.59. The first-order chi connectivity index (χ1) is 17.5. The van der Waals surface area contributed by atoms with Crippen LogP contribution in [-0.4, -0.2) is 68.7 Å². The van der Waals surface area contributed by atoms with Gasteiger partial charge in [-0.1, -0.05) is 12.1 Å². The molecule has 0 radical (unpaired) electrons. The molecule has 36 heavy (non-hydrogen) atoms. The SMILES string of the molecule is CN(C)C1(C(=O)Nc2cccc(-c3ccn[nH]3)c2)CCN(c2ncnc3[nH]c4c(c23)CCCC4)CC1. The second kappa shape index (κ2) is 9.05. The van der Waals surface area contributed by atoms with Crippen LogP contribution in [0, 0.1) is 0 Å². The largest absolute Gasteiger partial charge is 0.356 e. The van der Waals surface area contributed by atoms with Gasteiger partial charge in [-0.05, 0) is 76.4 Å². The Morgan fingerprint density at radius 2 is 1.94 bits per heavy atom. The molecule has 3 N–H and O–H groups in total. The van der Waals surface area contributed by atoms with Crippen molar-refractivity contribution in [3.8, 4) is 11.3 Å². The second-order valence-electron chi connectivity index (χ2n) is 10.1. The van der Waals surface area contributed by atoms with Crippen LogP contribution in [0.15, 0.2) is 42.9 Å². The van der Waals surface area contributed by atoms with Gasteiger partial charge in [-0.25, -0.2) is 9.97 Å². The van der Waals surface area contributed by atoms with Crippen LogP contribution in [0.1, 0.15) is 36.9 Å². The minimum atomic E-state index is -0.593. The minimum absolute atomic E-state index is 0.0285. The van der Waals surface area contributed by atoms with Crippen LogP contribution < -0.4 is 10.2 Å². The lowest BCUT2D eigenvalue weighted by atomic mass is 9.84. The number of carbonyl (C=O) groups is 1. The van der Waals surface area contributed by atoms with E-state index in [9.17, 15) is 4.79 Å². The maximum Gasteiger partial charge on any atom is 0.245 e. The molecule has 9 heteroatoms. The van der Waals surface area contributed by atoms with Gasteiger partial charge in [-0.15, -0.1) is 0 Å². The molecule has 6 rings (SSSR count). The number of nitrogens with zero attached hydrogens (tertiary/aromatic N) is 5. The molecular formula is C27H32N8O. The fraction of sp³-hybridized carbons (Fsp3) is 0.407. The number of amides is 1. The van der Waals surface area contributed by atoms with E-state index >= 15 is 0 Å². The van der Waals surface area contributed by atoms with E-state index in [0.29, 0.717) is 12.8 Å². The zero-order valence-corrected chi connectivity index (χ0v) is 20.8. The molecule has 0 saturated carbocycles. The first kappa shape index (κ1) is 22.7. The zero-order valence-electron chi connectivity index (χ0n) is 20.8. The smallest absolute Gasteiger partial charge is 0.245 e. The Kier molecular flexibility index (Phi) is 5.72. The van der Waals surface area contributed by atoms with Crippen molar-refractivity contribution in [3.63, 3.8) is 0 Å². The standard InChI is InChI=1S/C27H32N8O/c1-34(2)27(26(36)31-19-7-5-6-18(16-19)21-10-13-30-33-21)11-14-35(15-12-27)25-23-20-8-3-4-9-22(20)32-24(23)28-17-29-25/h5-7,10,13,16-17H,3-4,8-9,11-12,14-15H2,1-2H3,(H,30,33)(H,31,36)(H,28,29,32). The van der Waals surface area contributed by atoms with Crippen LogP contribution in [0.4, 0.5) is 11.5 Å². The average Bonchev–Trinajstić information content (AvgIpc) is 3.57. The van der Waals surface area contributed by atoms with E-state index in [2.05, 4.69) is 35.3 Å². The van der Waals surface area contributed by atoms with Gasteiger partial charge in [0, 0.05) is 36.2 Å². The Morgan fingerprint density at radius 3 is 2.72 bits per heavy atom. The van der Waals surface area contributed by atoms with E-state index < -0.39 is 5.54 Å². The van der Waals surface area contributed by atoms with Gasteiger partial charge < -0.3 is 15.2 Å². The van der Waals surface area contributed by atoms with E-state index in [0.717, 1.165) is 54.3 Å². The summed E-state index contributed by atoms with van der Waals surface area (Å²) in [5.41, 5.74) is 5.73. The van der Waals surface area contributed by atoms with Gasteiger partial charge >= 0.3 is 0 Å². The van der Waals surface area contributed by atoms with Crippen LogP contribution >= 0.6 is 0 Å². The number of hydrogen-bond donors (Lipinski definition) is 3. The van der Waals surface area contributed by atoms with Crippen molar-refractivity contribution in [2.45, 2.75) is 44.1 Å². The Labute approximate surface area is 210 Å². The molecule has 1 amide bonds. The van der Waals surface area contributed by atoms with Crippen molar-refractivity contribution >= 4 is 28.4 Å². The molecule has 1 aliphatic heterocycles. The van der Waals surface area contributed by atoms with Crippen molar-refractivity contribution < 1.29 is 4.79 Å². The summed E-state index contributed by atoms with van der Waals surface area (Å²) in [4.78, 5) is 30.9. The summed E-state index contributed by atoms with van der Waals surface area (Å²) in [6.07, 6.45) is 9.39. The number of rotatable bonds is 5. The van der Waals surface area contributed by atoms with Crippen molar-refractivity contribution in [2.24, 2.45) is 0 Å². The predicted octanol–water partition coefficient (Wildman–Crippen LogP) is 3.77. The Hall–Kier alpha value is -3.72. The van der Waals surface area contributed by atoms with E-state index in [1.54, 1.807) is 12.5 Å². The number of benzene rings is 1. The van der Waals surface area contributed by atoms with E-state index in [-0.39, 0.29) is 5.91 Å². The van der Waals surface area contributed by atoms with E-state index in [1.165, 1.54) is 29.5 Å². The monoisotopic (exact) mass is 484 g/mol. The first-order valence-corrected chi connectivity index (χ1v) is 12.7. The Balaban J connectivity index is 1.23. The highest BCUT2D eigenvalue weighted by molar-refractivity contribution is 5.99. The molecule has 3 aromatic heterocycles. The number of aromatic amines is 2. The van der Waals surface area contributed by atoms with E-state index in [4.69, 9.17) is 4.98 Å². The number of aryl methyl sites for hydroxylation is 2. The number of hydrogen-bond acceptors (Lipinski definition) is 6. The van der Waals surface area contributed by atoms with Gasteiger partial charge in [0.1, 0.15) is 23.3 Å².